The number of rotatable bonds is 4. The predicted molar refractivity (Wildman–Crippen MR) is 87.5 cm³/mol. The van der Waals surface area contributed by atoms with Gasteiger partial charge in [0.1, 0.15) is 10.5 Å². The fraction of sp³-hybridized carbons (Fsp3) is 0.429. The zero-order chi connectivity index (χ0) is 16.5. The predicted octanol–water partition coefficient (Wildman–Crippen LogP) is 3.38. The van der Waals surface area contributed by atoms with E-state index in [4.69, 9.17) is 0 Å². The van der Waals surface area contributed by atoms with Crippen LogP contribution >= 0.6 is 23.7 Å². The van der Waals surface area contributed by atoms with Crippen LogP contribution in [0.3, 0.4) is 0 Å². The van der Waals surface area contributed by atoms with Gasteiger partial charge in [0.25, 0.3) is 5.91 Å². The molecule has 2 N–H and O–H groups in total. The number of nitrogens with one attached hydrogen (secondary N) is 2. The van der Waals surface area contributed by atoms with Gasteiger partial charge in [-0.25, -0.2) is 4.98 Å². The van der Waals surface area contributed by atoms with Crippen LogP contribution in [0, 0.1) is 6.92 Å². The molecule has 2 aromatic heterocycles. The second-order valence-corrected chi connectivity index (χ2v) is 6.00. The number of hydrogen-bond acceptors (Lipinski definition) is 4. The van der Waals surface area contributed by atoms with E-state index in [0.717, 1.165) is 17.4 Å². The molecule has 0 spiro atoms. The number of carbonyl (C=O) groups is 1. The Labute approximate surface area is 141 Å². The normalized spacial score (nSPS) is 12.8. The van der Waals surface area contributed by atoms with Crippen LogP contribution in [0.4, 0.5) is 13.2 Å². The molecule has 1 unspecified atom stereocenters. The average molecular weight is 368 g/mol. The van der Waals surface area contributed by atoms with E-state index in [9.17, 15) is 18.0 Å². The number of amides is 1. The number of likely N-dealkylation sites (N-methyl/N-ethyl adjacent to an activating group) is 1. The molecule has 0 fully saturated rings. The Hall–Kier alpha value is -1.38. The Bertz CT molecular complexity index is 702. The number of aryl methyl sites for hydroxylation is 1. The molecule has 4 nitrogen and oxygen atoms in total. The molecule has 9 heteroatoms. The van der Waals surface area contributed by atoms with Crippen molar-refractivity contribution in [1.29, 1.82) is 0 Å². The second-order valence-electron chi connectivity index (χ2n) is 5.00. The highest BCUT2D eigenvalue weighted by Gasteiger charge is 2.33. The minimum Gasteiger partial charge on any atom is -0.350 e. The summed E-state index contributed by atoms with van der Waals surface area (Å²) in [6.45, 7) is 4.06. The molecule has 1 amide bonds. The van der Waals surface area contributed by atoms with Gasteiger partial charge >= 0.3 is 6.18 Å². The second kappa shape index (κ2) is 7.46. The fourth-order valence-corrected chi connectivity index (χ4v) is 3.00. The zero-order valence-electron chi connectivity index (χ0n) is 12.7. The number of aromatic nitrogens is 1. The summed E-state index contributed by atoms with van der Waals surface area (Å²) in [4.78, 5) is 16.4. The summed E-state index contributed by atoms with van der Waals surface area (Å²) >= 11 is 0.978. The maximum absolute atomic E-state index is 12.7. The molecular weight excluding hydrogens is 351 g/mol. The van der Waals surface area contributed by atoms with E-state index in [-0.39, 0.29) is 29.2 Å². The first-order valence-electron chi connectivity index (χ1n) is 6.67. The lowest BCUT2D eigenvalue weighted by atomic mass is 10.1. The monoisotopic (exact) mass is 367 g/mol. The highest BCUT2D eigenvalue weighted by molar-refractivity contribution is 7.20. The minimum atomic E-state index is -4.49. The van der Waals surface area contributed by atoms with Crippen LogP contribution in [0.2, 0.25) is 0 Å². The van der Waals surface area contributed by atoms with Crippen molar-refractivity contribution in [3.05, 3.63) is 28.3 Å². The van der Waals surface area contributed by atoms with Crippen molar-refractivity contribution in [3.8, 4) is 0 Å². The third kappa shape index (κ3) is 4.33. The van der Waals surface area contributed by atoms with Crippen LogP contribution in [0.25, 0.3) is 10.2 Å². The first-order chi connectivity index (χ1) is 10.2. The third-order valence-corrected chi connectivity index (χ3v) is 4.56. The Kier molecular flexibility index (Phi) is 6.38. The Balaban J connectivity index is 0.00000264. The highest BCUT2D eigenvalue weighted by atomic mass is 35.5. The van der Waals surface area contributed by atoms with Crippen molar-refractivity contribution in [2.45, 2.75) is 26.1 Å². The van der Waals surface area contributed by atoms with Crippen LogP contribution in [0.1, 0.15) is 27.9 Å². The van der Waals surface area contributed by atoms with Crippen LogP contribution in [-0.2, 0) is 6.18 Å². The topological polar surface area (TPSA) is 54.0 Å². The lowest BCUT2D eigenvalue weighted by molar-refractivity contribution is -0.140. The Morgan fingerprint density at radius 1 is 1.39 bits per heavy atom. The zero-order valence-corrected chi connectivity index (χ0v) is 14.4. The Morgan fingerprint density at radius 2 is 2.04 bits per heavy atom. The number of halogens is 4. The van der Waals surface area contributed by atoms with Gasteiger partial charge in [0, 0.05) is 18.0 Å². The van der Waals surface area contributed by atoms with E-state index >= 15 is 0 Å². The summed E-state index contributed by atoms with van der Waals surface area (Å²) in [5.41, 5.74) is -0.298. The number of thiophene rings is 1. The summed E-state index contributed by atoms with van der Waals surface area (Å²) in [6, 6.07) is 2.41. The standard InChI is InChI=1S/C14H16F3N3OS.ClH/c1-7(18-3)6-19-12(21)11-8(2)9-4-5-10(14(15,16)17)20-13(9)22-11;/h4-5,7,18H,6H2,1-3H3,(H,19,21);1H. The molecule has 0 saturated heterocycles. The molecule has 0 radical (unpaired) electrons. The highest BCUT2D eigenvalue weighted by Crippen LogP contribution is 2.34. The van der Waals surface area contributed by atoms with Gasteiger partial charge in [-0.15, -0.1) is 23.7 Å². The molecule has 2 rings (SSSR count). The summed E-state index contributed by atoms with van der Waals surface area (Å²) in [5.74, 6) is -0.295. The maximum Gasteiger partial charge on any atom is 0.433 e. The van der Waals surface area contributed by atoms with Gasteiger partial charge in [0.05, 0.1) is 4.88 Å². The van der Waals surface area contributed by atoms with Crippen molar-refractivity contribution in [2.75, 3.05) is 13.6 Å². The van der Waals surface area contributed by atoms with E-state index in [0.29, 0.717) is 22.4 Å². The molecule has 0 aliphatic carbocycles. The van der Waals surface area contributed by atoms with Crippen molar-refractivity contribution < 1.29 is 18.0 Å². The van der Waals surface area contributed by atoms with Crippen LogP contribution < -0.4 is 10.6 Å². The van der Waals surface area contributed by atoms with E-state index in [1.807, 2.05) is 6.92 Å². The van der Waals surface area contributed by atoms with Crippen molar-refractivity contribution in [3.63, 3.8) is 0 Å². The van der Waals surface area contributed by atoms with Crippen molar-refractivity contribution in [2.24, 2.45) is 0 Å². The maximum atomic E-state index is 12.7. The first-order valence-corrected chi connectivity index (χ1v) is 7.48. The van der Waals surface area contributed by atoms with Crippen molar-refractivity contribution >= 4 is 39.9 Å². The number of fused-ring (bicyclic) bond motifs is 1. The minimum absolute atomic E-state index is 0. The fourth-order valence-electron chi connectivity index (χ4n) is 1.90. The first kappa shape index (κ1) is 19.7. The lowest BCUT2D eigenvalue weighted by Gasteiger charge is -2.10. The van der Waals surface area contributed by atoms with Crippen molar-refractivity contribution in [1.82, 2.24) is 15.6 Å². The molecule has 23 heavy (non-hydrogen) atoms. The number of pyridine rings is 1. The van der Waals surface area contributed by atoms with E-state index in [1.165, 1.54) is 6.07 Å². The third-order valence-electron chi connectivity index (χ3n) is 3.36. The molecule has 1 atom stereocenters. The molecule has 2 heterocycles. The van der Waals surface area contributed by atoms with Gasteiger partial charge in [-0.05, 0) is 38.6 Å². The van der Waals surface area contributed by atoms with Gasteiger partial charge < -0.3 is 10.6 Å². The van der Waals surface area contributed by atoms with Crippen LogP contribution in [0.5, 0.6) is 0 Å². The molecule has 128 valence electrons. The summed E-state index contributed by atoms with van der Waals surface area (Å²) in [5, 5.41) is 6.32. The summed E-state index contributed by atoms with van der Waals surface area (Å²) in [7, 11) is 1.78. The molecule has 0 aromatic carbocycles. The number of hydrogen-bond donors (Lipinski definition) is 2. The lowest BCUT2D eigenvalue weighted by Crippen LogP contribution is -2.37. The summed E-state index contributed by atoms with van der Waals surface area (Å²) < 4.78 is 38.1. The largest absolute Gasteiger partial charge is 0.433 e. The Morgan fingerprint density at radius 3 is 2.61 bits per heavy atom. The van der Waals surface area contributed by atoms with E-state index < -0.39 is 11.9 Å². The van der Waals surface area contributed by atoms with Gasteiger partial charge in [0.2, 0.25) is 0 Å². The molecular formula is C14H17ClF3N3OS. The van der Waals surface area contributed by atoms with E-state index in [2.05, 4.69) is 15.6 Å². The van der Waals surface area contributed by atoms with Gasteiger partial charge in [-0.1, -0.05) is 0 Å². The molecule has 2 aromatic rings. The molecule has 0 aliphatic heterocycles. The molecule has 0 saturated carbocycles. The van der Waals surface area contributed by atoms with Gasteiger partial charge in [-0.2, -0.15) is 13.2 Å². The average Bonchev–Trinajstić information content (AvgIpc) is 2.80. The quantitative estimate of drug-likeness (QED) is 0.871. The number of carbonyl (C=O) groups excluding carboxylic acids is 1. The van der Waals surface area contributed by atoms with Gasteiger partial charge in [0.15, 0.2) is 0 Å². The van der Waals surface area contributed by atoms with Crippen LogP contribution in [0.15, 0.2) is 12.1 Å². The summed E-state index contributed by atoms with van der Waals surface area (Å²) in [6.07, 6.45) is -4.49. The van der Waals surface area contributed by atoms with Gasteiger partial charge in [-0.3, -0.25) is 4.79 Å². The smallest absolute Gasteiger partial charge is 0.350 e. The number of alkyl halides is 3. The van der Waals surface area contributed by atoms with E-state index in [1.54, 1.807) is 14.0 Å². The molecule has 0 aliphatic rings. The SMILES string of the molecule is CNC(C)CNC(=O)c1sc2nc(C(F)(F)F)ccc2c1C.Cl. The number of nitrogens with zero attached hydrogens (tertiary/aromatic N) is 1. The van der Waals surface area contributed by atoms with Crippen LogP contribution in [-0.4, -0.2) is 30.5 Å². The molecule has 0 bridgehead atoms.